The quantitative estimate of drug-likeness (QED) is 0.783. The van der Waals surface area contributed by atoms with Gasteiger partial charge in [-0.25, -0.2) is 17.6 Å². The molecule has 1 aromatic carbocycles. The number of carboxylic acids is 1. The van der Waals surface area contributed by atoms with E-state index in [1.807, 2.05) is 0 Å². The minimum atomic E-state index is -3.71. The maximum atomic E-state index is 13.0. The Morgan fingerprint density at radius 2 is 1.93 bits per heavy atom. The fourth-order valence-corrected chi connectivity index (χ4v) is 1.60. The number of aromatic hydroxyl groups is 1. The van der Waals surface area contributed by atoms with Gasteiger partial charge in [0, 0.05) is 6.26 Å². The van der Waals surface area contributed by atoms with Crippen molar-refractivity contribution in [1.29, 1.82) is 0 Å². The van der Waals surface area contributed by atoms with Crippen LogP contribution in [0.25, 0.3) is 0 Å². The van der Waals surface area contributed by atoms with Crippen LogP contribution in [-0.4, -0.2) is 30.9 Å². The average molecular weight is 234 g/mol. The molecule has 0 saturated carbocycles. The standard InChI is InChI=1S/C8H7FO5S/c1-15(13,14)4-2-5(8(11)12)7(10)6(9)3-4/h2-3,10H,1H3,(H,11,12). The Balaban J connectivity index is 3.57. The second-order valence-corrected chi connectivity index (χ2v) is 4.89. The highest BCUT2D eigenvalue weighted by molar-refractivity contribution is 7.90. The van der Waals surface area contributed by atoms with Crippen molar-refractivity contribution in [2.75, 3.05) is 6.26 Å². The van der Waals surface area contributed by atoms with E-state index < -0.39 is 37.8 Å². The molecule has 0 atom stereocenters. The molecule has 0 aromatic heterocycles. The summed E-state index contributed by atoms with van der Waals surface area (Å²) >= 11 is 0. The largest absolute Gasteiger partial charge is 0.504 e. The molecule has 5 nitrogen and oxygen atoms in total. The van der Waals surface area contributed by atoms with Crippen molar-refractivity contribution in [3.05, 3.63) is 23.5 Å². The molecule has 7 heteroatoms. The van der Waals surface area contributed by atoms with E-state index in [9.17, 15) is 17.6 Å². The van der Waals surface area contributed by atoms with Crippen LogP contribution in [0, 0.1) is 5.82 Å². The lowest BCUT2D eigenvalue weighted by Crippen LogP contribution is -2.04. The summed E-state index contributed by atoms with van der Waals surface area (Å²) in [4.78, 5) is 10.0. The summed E-state index contributed by atoms with van der Waals surface area (Å²) in [6, 6.07) is 1.27. The predicted molar refractivity (Wildman–Crippen MR) is 48.1 cm³/mol. The second-order valence-electron chi connectivity index (χ2n) is 2.88. The molecule has 0 heterocycles. The Morgan fingerprint density at radius 3 is 2.33 bits per heavy atom. The Kier molecular flexibility index (Phi) is 2.67. The summed E-state index contributed by atoms with van der Waals surface area (Å²) in [6.07, 6.45) is 0.810. The minimum Gasteiger partial charge on any atom is -0.504 e. The molecule has 0 spiro atoms. The molecule has 82 valence electrons. The summed E-state index contributed by atoms with van der Waals surface area (Å²) in [5, 5.41) is 17.6. The van der Waals surface area contributed by atoms with Gasteiger partial charge in [-0.1, -0.05) is 0 Å². The number of carboxylic acid groups (broad SMARTS) is 1. The lowest BCUT2D eigenvalue weighted by Gasteiger charge is -2.04. The van der Waals surface area contributed by atoms with E-state index in [1.54, 1.807) is 0 Å². The summed E-state index contributed by atoms with van der Waals surface area (Å²) in [5.41, 5.74) is -0.782. The van der Waals surface area contributed by atoms with Gasteiger partial charge in [0.25, 0.3) is 0 Å². The van der Waals surface area contributed by atoms with Crippen molar-refractivity contribution in [3.8, 4) is 5.75 Å². The fraction of sp³-hybridized carbons (Fsp3) is 0.125. The highest BCUT2D eigenvalue weighted by Gasteiger charge is 2.19. The zero-order chi connectivity index (χ0) is 11.8. The van der Waals surface area contributed by atoms with Crippen molar-refractivity contribution in [2.24, 2.45) is 0 Å². The molecule has 2 N–H and O–H groups in total. The maximum absolute atomic E-state index is 13.0. The van der Waals surface area contributed by atoms with Crippen molar-refractivity contribution in [2.45, 2.75) is 4.90 Å². The minimum absolute atomic E-state index is 0.491. The van der Waals surface area contributed by atoms with Gasteiger partial charge in [0.1, 0.15) is 5.56 Å². The van der Waals surface area contributed by atoms with Crippen molar-refractivity contribution in [1.82, 2.24) is 0 Å². The van der Waals surface area contributed by atoms with Gasteiger partial charge in [-0.3, -0.25) is 0 Å². The number of carbonyl (C=O) groups is 1. The van der Waals surface area contributed by atoms with Crippen molar-refractivity contribution in [3.63, 3.8) is 0 Å². The van der Waals surface area contributed by atoms with Crippen LogP contribution >= 0.6 is 0 Å². The molecule has 0 aliphatic heterocycles. The highest BCUT2D eigenvalue weighted by Crippen LogP contribution is 2.25. The number of halogens is 1. The van der Waals surface area contributed by atoms with Crippen molar-refractivity contribution < 1.29 is 27.8 Å². The molecule has 0 bridgehead atoms. The number of aromatic carboxylic acids is 1. The lowest BCUT2D eigenvalue weighted by molar-refractivity contribution is 0.0692. The second kappa shape index (κ2) is 3.50. The Hall–Kier alpha value is -1.63. The van der Waals surface area contributed by atoms with E-state index in [-0.39, 0.29) is 0 Å². The molecular formula is C8H7FO5S. The monoisotopic (exact) mass is 234 g/mol. The molecule has 1 rings (SSSR count). The first-order valence-electron chi connectivity index (χ1n) is 3.69. The van der Waals surface area contributed by atoms with E-state index in [2.05, 4.69) is 0 Å². The summed E-state index contributed by atoms with van der Waals surface area (Å²) in [5.74, 6) is -3.96. The number of hydrogen-bond donors (Lipinski definition) is 2. The van der Waals surface area contributed by atoms with Crippen LogP contribution in [0.2, 0.25) is 0 Å². The zero-order valence-electron chi connectivity index (χ0n) is 7.56. The van der Waals surface area contributed by atoms with Crippen LogP contribution in [0.5, 0.6) is 5.75 Å². The van der Waals surface area contributed by atoms with E-state index in [0.29, 0.717) is 12.1 Å². The van der Waals surface area contributed by atoms with Crippen molar-refractivity contribution >= 4 is 15.8 Å². The Morgan fingerprint density at radius 1 is 1.40 bits per heavy atom. The number of hydrogen-bond acceptors (Lipinski definition) is 4. The van der Waals surface area contributed by atoms with Gasteiger partial charge in [-0.05, 0) is 12.1 Å². The van der Waals surface area contributed by atoms with Crippen LogP contribution in [0.4, 0.5) is 4.39 Å². The molecule has 0 saturated heterocycles. The third-order valence-corrected chi connectivity index (χ3v) is 2.79. The van der Waals surface area contributed by atoms with Crippen LogP contribution in [0.15, 0.2) is 17.0 Å². The average Bonchev–Trinajstić information content (AvgIpc) is 2.06. The molecule has 0 fully saturated rings. The molecule has 15 heavy (non-hydrogen) atoms. The number of rotatable bonds is 2. The van der Waals surface area contributed by atoms with E-state index in [1.165, 1.54) is 0 Å². The predicted octanol–water partition coefficient (Wildman–Crippen LogP) is 0.633. The maximum Gasteiger partial charge on any atom is 0.339 e. The van der Waals surface area contributed by atoms with Crippen LogP contribution in [-0.2, 0) is 9.84 Å². The summed E-state index contributed by atoms with van der Waals surface area (Å²) in [6.45, 7) is 0. The molecular weight excluding hydrogens is 227 g/mol. The third-order valence-electron chi connectivity index (χ3n) is 1.70. The number of sulfone groups is 1. The van der Waals surface area contributed by atoms with E-state index in [0.717, 1.165) is 6.26 Å². The Labute approximate surface area is 84.7 Å². The molecule has 1 aromatic rings. The van der Waals surface area contributed by atoms with Crippen LogP contribution < -0.4 is 0 Å². The molecule has 0 aliphatic rings. The van der Waals surface area contributed by atoms with Gasteiger partial charge in [0.15, 0.2) is 21.4 Å². The molecule has 0 unspecified atom stereocenters. The van der Waals surface area contributed by atoms with Gasteiger partial charge in [-0.15, -0.1) is 0 Å². The fourth-order valence-electron chi connectivity index (χ4n) is 0.951. The first-order valence-corrected chi connectivity index (χ1v) is 5.58. The lowest BCUT2D eigenvalue weighted by atomic mass is 10.2. The summed E-state index contributed by atoms with van der Waals surface area (Å²) < 4.78 is 35.0. The molecule has 0 radical (unpaired) electrons. The zero-order valence-corrected chi connectivity index (χ0v) is 8.38. The van der Waals surface area contributed by atoms with Gasteiger partial charge < -0.3 is 10.2 Å². The molecule has 0 aliphatic carbocycles. The molecule has 0 amide bonds. The van der Waals surface area contributed by atoms with Gasteiger partial charge in [0.05, 0.1) is 4.90 Å². The normalized spacial score (nSPS) is 11.3. The first kappa shape index (κ1) is 11.4. The number of benzene rings is 1. The highest BCUT2D eigenvalue weighted by atomic mass is 32.2. The van der Waals surface area contributed by atoms with Gasteiger partial charge >= 0.3 is 5.97 Å². The topological polar surface area (TPSA) is 91.7 Å². The third kappa shape index (κ3) is 2.24. The van der Waals surface area contributed by atoms with E-state index >= 15 is 0 Å². The van der Waals surface area contributed by atoms with Gasteiger partial charge in [-0.2, -0.15) is 0 Å². The SMILES string of the molecule is CS(=O)(=O)c1cc(F)c(O)c(C(=O)O)c1. The Bertz CT molecular complexity index is 520. The van der Waals surface area contributed by atoms with Gasteiger partial charge in [0.2, 0.25) is 0 Å². The smallest absolute Gasteiger partial charge is 0.339 e. The van der Waals surface area contributed by atoms with E-state index in [4.69, 9.17) is 10.2 Å². The number of phenols is 1. The van der Waals surface area contributed by atoms with Crippen LogP contribution in [0.3, 0.4) is 0 Å². The summed E-state index contributed by atoms with van der Waals surface area (Å²) in [7, 11) is -3.71. The van der Waals surface area contributed by atoms with Crippen LogP contribution in [0.1, 0.15) is 10.4 Å². The first-order chi connectivity index (χ1) is 6.73.